The van der Waals surface area contributed by atoms with E-state index in [1.807, 2.05) is 13.8 Å². The average Bonchev–Trinajstić information content (AvgIpc) is 2.50. The molecule has 0 spiro atoms. The zero-order valence-electron chi connectivity index (χ0n) is 13.9. The highest BCUT2D eigenvalue weighted by Crippen LogP contribution is 2.18. The zero-order chi connectivity index (χ0) is 18.3. The molecule has 1 rings (SSSR count). The molecule has 0 saturated carbocycles. The lowest BCUT2D eigenvalue weighted by Gasteiger charge is -2.16. The summed E-state index contributed by atoms with van der Waals surface area (Å²) in [5.74, 6) is -0.670. The van der Waals surface area contributed by atoms with Gasteiger partial charge in [0.05, 0.1) is 0 Å². The van der Waals surface area contributed by atoms with Crippen LogP contribution in [0, 0.1) is 0 Å². The number of amides is 3. The van der Waals surface area contributed by atoms with Crippen molar-refractivity contribution in [1.82, 2.24) is 16.0 Å². The average molecular weight is 372 g/mol. The molecule has 8 heteroatoms. The van der Waals surface area contributed by atoms with Gasteiger partial charge in [0.2, 0.25) is 11.8 Å². The molecular formula is C16H22ClN3O3S. The van der Waals surface area contributed by atoms with Gasteiger partial charge >= 0.3 is 0 Å². The lowest BCUT2D eigenvalue weighted by atomic mass is 10.1. The monoisotopic (exact) mass is 371 g/mol. The summed E-state index contributed by atoms with van der Waals surface area (Å²) in [4.78, 5) is 35.0. The maximum Gasteiger partial charge on any atom is 0.251 e. The molecule has 0 aromatic heterocycles. The van der Waals surface area contributed by atoms with Crippen molar-refractivity contribution < 1.29 is 14.4 Å². The summed E-state index contributed by atoms with van der Waals surface area (Å²) in [5, 5.41) is 8.36. The van der Waals surface area contributed by atoms with Gasteiger partial charge in [-0.25, -0.2) is 0 Å². The molecule has 0 fully saturated rings. The van der Waals surface area contributed by atoms with Crippen molar-refractivity contribution in [2.45, 2.75) is 39.4 Å². The minimum Gasteiger partial charge on any atom is -0.350 e. The fraction of sp³-hybridized carbons (Fsp3) is 0.438. The third-order valence-corrected chi connectivity index (χ3v) is 3.78. The van der Waals surface area contributed by atoms with Crippen LogP contribution in [0.25, 0.3) is 0 Å². The molecule has 0 aliphatic heterocycles. The molecule has 6 nitrogen and oxygen atoms in total. The van der Waals surface area contributed by atoms with Gasteiger partial charge in [-0.2, -0.15) is 12.6 Å². The second-order valence-corrected chi connectivity index (χ2v) is 6.36. The largest absolute Gasteiger partial charge is 0.350 e. The summed E-state index contributed by atoms with van der Waals surface area (Å²) in [6.07, 6.45) is 0. The molecule has 3 amide bonds. The van der Waals surface area contributed by atoms with Crippen LogP contribution in [0.1, 0.15) is 36.7 Å². The first-order valence-corrected chi connectivity index (χ1v) is 8.50. The third-order valence-electron chi connectivity index (χ3n) is 3.06. The molecule has 0 bridgehead atoms. The predicted molar refractivity (Wildman–Crippen MR) is 97.4 cm³/mol. The second-order valence-electron chi connectivity index (χ2n) is 5.59. The van der Waals surface area contributed by atoms with E-state index < -0.39 is 6.04 Å². The summed E-state index contributed by atoms with van der Waals surface area (Å²) in [6.45, 7) is 5.27. The predicted octanol–water partition coefficient (Wildman–Crippen LogP) is 1.53. The molecule has 1 atom stereocenters. The Morgan fingerprint density at radius 2 is 1.88 bits per heavy atom. The van der Waals surface area contributed by atoms with Crippen LogP contribution in [0.3, 0.4) is 0 Å². The van der Waals surface area contributed by atoms with Gasteiger partial charge in [0, 0.05) is 35.8 Å². The van der Waals surface area contributed by atoms with Crippen LogP contribution in [0.4, 0.5) is 0 Å². The summed E-state index contributed by atoms with van der Waals surface area (Å²) in [7, 11) is 0. The molecule has 0 unspecified atom stereocenters. The SMILES string of the molecule is CC(=O)N[C@@H](CS)C(=O)NCc1ccc(C(=O)NC(C)C)cc1Cl. The Morgan fingerprint density at radius 3 is 2.38 bits per heavy atom. The molecule has 0 heterocycles. The van der Waals surface area contributed by atoms with Gasteiger partial charge in [0.1, 0.15) is 6.04 Å². The van der Waals surface area contributed by atoms with Crippen molar-refractivity contribution in [3.05, 3.63) is 34.3 Å². The standard InChI is InChI=1S/C16H22ClN3O3S/c1-9(2)19-15(22)11-4-5-12(13(17)6-11)7-18-16(23)14(8-24)20-10(3)21/h4-6,9,14,24H,7-8H2,1-3H3,(H,18,23)(H,19,22)(H,20,21)/t14-/m0/s1. The maximum atomic E-state index is 12.0. The van der Waals surface area contributed by atoms with E-state index in [4.69, 9.17) is 11.6 Å². The number of hydrogen-bond acceptors (Lipinski definition) is 4. The van der Waals surface area contributed by atoms with Crippen molar-refractivity contribution >= 4 is 42.0 Å². The highest BCUT2D eigenvalue weighted by molar-refractivity contribution is 7.80. The minimum absolute atomic E-state index is 0.0298. The third kappa shape index (κ3) is 6.41. The Hall–Kier alpha value is -1.73. The van der Waals surface area contributed by atoms with E-state index in [1.54, 1.807) is 18.2 Å². The number of benzene rings is 1. The smallest absolute Gasteiger partial charge is 0.251 e. The molecule has 0 saturated heterocycles. The lowest BCUT2D eigenvalue weighted by Crippen LogP contribution is -2.47. The molecule has 0 aliphatic carbocycles. The lowest BCUT2D eigenvalue weighted by molar-refractivity contribution is -0.127. The Balaban J connectivity index is 2.70. The quantitative estimate of drug-likeness (QED) is 0.548. The molecule has 1 aromatic rings. The van der Waals surface area contributed by atoms with E-state index in [0.29, 0.717) is 16.1 Å². The summed E-state index contributed by atoms with van der Waals surface area (Å²) < 4.78 is 0. The van der Waals surface area contributed by atoms with Gasteiger partial charge in [-0.1, -0.05) is 17.7 Å². The fourth-order valence-electron chi connectivity index (χ4n) is 1.92. The van der Waals surface area contributed by atoms with Crippen LogP contribution in [0.15, 0.2) is 18.2 Å². The summed E-state index contributed by atoms with van der Waals surface area (Å²) >= 11 is 10.2. The van der Waals surface area contributed by atoms with Gasteiger partial charge < -0.3 is 16.0 Å². The Bertz CT molecular complexity index is 623. The van der Waals surface area contributed by atoms with Crippen LogP contribution in [0.2, 0.25) is 5.02 Å². The van der Waals surface area contributed by atoms with Crippen molar-refractivity contribution in [3.8, 4) is 0 Å². The van der Waals surface area contributed by atoms with Crippen molar-refractivity contribution in [2.75, 3.05) is 5.75 Å². The van der Waals surface area contributed by atoms with E-state index in [1.165, 1.54) is 6.92 Å². The van der Waals surface area contributed by atoms with Crippen LogP contribution in [-0.4, -0.2) is 35.6 Å². The van der Waals surface area contributed by atoms with Crippen LogP contribution >= 0.6 is 24.2 Å². The van der Waals surface area contributed by atoms with Crippen molar-refractivity contribution in [1.29, 1.82) is 0 Å². The van der Waals surface area contributed by atoms with Gasteiger partial charge in [-0.3, -0.25) is 14.4 Å². The van der Waals surface area contributed by atoms with E-state index in [9.17, 15) is 14.4 Å². The normalized spacial score (nSPS) is 11.8. The second kappa shape index (κ2) is 9.54. The first-order valence-electron chi connectivity index (χ1n) is 7.49. The van der Waals surface area contributed by atoms with Crippen molar-refractivity contribution in [3.63, 3.8) is 0 Å². The number of hydrogen-bond donors (Lipinski definition) is 4. The highest BCUT2D eigenvalue weighted by Gasteiger charge is 2.18. The van der Waals surface area contributed by atoms with Crippen LogP contribution in [0.5, 0.6) is 0 Å². The Labute approximate surface area is 152 Å². The van der Waals surface area contributed by atoms with Gasteiger partial charge in [-0.05, 0) is 31.5 Å². The van der Waals surface area contributed by atoms with E-state index in [2.05, 4.69) is 28.6 Å². The number of thiol groups is 1. The topological polar surface area (TPSA) is 87.3 Å². The number of carbonyl (C=O) groups excluding carboxylic acids is 3. The van der Waals surface area contributed by atoms with Gasteiger partial charge in [-0.15, -0.1) is 0 Å². The molecule has 0 aliphatic rings. The molecular weight excluding hydrogens is 350 g/mol. The molecule has 3 N–H and O–H groups in total. The maximum absolute atomic E-state index is 12.0. The first-order chi connectivity index (χ1) is 11.2. The number of halogens is 1. The minimum atomic E-state index is -0.708. The van der Waals surface area contributed by atoms with Gasteiger partial charge in [0.15, 0.2) is 0 Å². The van der Waals surface area contributed by atoms with E-state index in [0.717, 1.165) is 0 Å². The molecule has 1 aromatic carbocycles. The Kier molecular flexibility index (Phi) is 8.07. The van der Waals surface area contributed by atoms with E-state index in [-0.39, 0.29) is 36.1 Å². The summed E-state index contributed by atoms with van der Waals surface area (Å²) in [6, 6.07) is 4.22. The Morgan fingerprint density at radius 1 is 1.21 bits per heavy atom. The number of nitrogens with one attached hydrogen (secondary N) is 3. The fourth-order valence-corrected chi connectivity index (χ4v) is 2.43. The van der Waals surface area contributed by atoms with Crippen LogP contribution < -0.4 is 16.0 Å². The first kappa shape index (κ1) is 20.3. The summed E-state index contributed by atoms with van der Waals surface area (Å²) in [5.41, 5.74) is 1.13. The van der Waals surface area contributed by atoms with E-state index >= 15 is 0 Å². The highest BCUT2D eigenvalue weighted by atomic mass is 35.5. The van der Waals surface area contributed by atoms with Gasteiger partial charge in [0.25, 0.3) is 5.91 Å². The molecule has 132 valence electrons. The molecule has 0 radical (unpaired) electrons. The number of rotatable bonds is 7. The van der Waals surface area contributed by atoms with Crippen molar-refractivity contribution in [2.24, 2.45) is 0 Å². The van der Waals surface area contributed by atoms with Crippen LogP contribution in [-0.2, 0) is 16.1 Å². The number of carbonyl (C=O) groups is 3. The molecule has 24 heavy (non-hydrogen) atoms. The zero-order valence-corrected chi connectivity index (χ0v) is 15.5.